The normalized spacial score (nSPS) is 17.1. The second-order valence-electron chi connectivity index (χ2n) is 3.99. The number of aromatic nitrogens is 3. The third-order valence-corrected chi connectivity index (χ3v) is 2.43. The molecule has 0 spiro atoms. The van der Waals surface area contributed by atoms with Gasteiger partial charge in [-0.1, -0.05) is 0 Å². The topological polar surface area (TPSA) is 69.1 Å². The predicted molar refractivity (Wildman–Crippen MR) is 56.3 cm³/mol. The fourth-order valence-corrected chi connectivity index (χ4v) is 1.13. The molecule has 0 fully saturated rings. The van der Waals surface area contributed by atoms with E-state index in [1.807, 2.05) is 0 Å². The molecule has 0 aromatic carbocycles. The van der Waals surface area contributed by atoms with Crippen molar-refractivity contribution in [3.05, 3.63) is 11.9 Å². The van der Waals surface area contributed by atoms with E-state index in [0.717, 1.165) is 6.92 Å². The van der Waals surface area contributed by atoms with Gasteiger partial charge in [0.2, 0.25) is 11.6 Å². The first-order valence-corrected chi connectivity index (χ1v) is 5.31. The molecule has 0 aliphatic rings. The Hall–Kier alpha value is -1.81. The molecule has 1 heterocycles. The van der Waals surface area contributed by atoms with Crippen LogP contribution < -0.4 is 11.4 Å². The number of alkyl halides is 6. The zero-order chi connectivity index (χ0) is 15.7. The molecule has 0 unspecified atom stereocenters. The van der Waals surface area contributed by atoms with E-state index in [0.29, 0.717) is 17.8 Å². The molecule has 114 valence electrons. The zero-order valence-corrected chi connectivity index (χ0v) is 10.4. The van der Waals surface area contributed by atoms with E-state index in [2.05, 4.69) is 15.0 Å². The zero-order valence-electron chi connectivity index (χ0n) is 10.4. The average molecular weight is 303 g/mol. The van der Waals surface area contributed by atoms with E-state index in [1.54, 1.807) is 0 Å². The standard InChI is InChI=1S/C9H11F6N5/c1-4(8(10,11)12)18-7-19-6(16)17-3-20(7)5(2)9(13,14)15/h3-5H,1-2H3,(H2,16,18,19)/t4-,5-/m1/s1. The molecular formula is C9H11F6N5. The Labute approximate surface area is 109 Å². The molecule has 11 heteroatoms. The third kappa shape index (κ3) is 3.84. The van der Waals surface area contributed by atoms with Crippen LogP contribution in [0.2, 0.25) is 0 Å². The maximum atomic E-state index is 12.6. The van der Waals surface area contributed by atoms with Crippen LogP contribution in [-0.4, -0.2) is 32.9 Å². The first-order valence-electron chi connectivity index (χ1n) is 5.31. The van der Waals surface area contributed by atoms with Crippen molar-refractivity contribution in [3.8, 4) is 0 Å². The smallest absolute Gasteiger partial charge is 0.368 e. The van der Waals surface area contributed by atoms with Gasteiger partial charge in [-0.25, -0.2) is 9.98 Å². The van der Waals surface area contributed by atoms with Gasteiger partial charge >= 0.3 is 12.4 Å². The van der Waals surface area contributed by atoms with Gasteiger partial charge in [0.25, 0.3) is 0 Å². The van der Waals surface area contributed by atoms with Crippen molar-refractivity contribution < 1.29 is 26.3 Å². The van der Waals surface area contributed by atoms with E-state index < -0.39 is 36.0 Å². The summed E-state index contributed by atoms with van der Waals surface area (Å²) in [7, 11) is 0. The van der Waals surface area contributed by atoms with E-state index in [1.165, 1.54) is 0 Å². The second kappa shape index (κ2) is 5.29. The quantitative estimate of drug-likeness (QED) is 0.848. The van der Waals surface area contributed by atoms with Gasteiger partial charge in [0.05, 0.1) is 0 Å². The summed E-state index contributed by atoms with van der Waals surface area (Å²) in [5.74, 6) is -0.469. The van der Waals surface area contributed by atoms with Gasteiger partial charge in [0.1, 0.15) is 18.4 Å². The lowest BCUT2D eigenvalue weighted by atomic mass is 10.3. The van der Waals surface area contributed by atoms with Crippen LogP contribution in [0.15, 0.2) is 11.3 Å². The fourth-order valence-electron chi connectivity index (χ4n) is 1.13. The lowest BCUT2D eigenvalue weighted by molar-refractivity contribution is -0.164. The summed E-state index contributed by atoms with van der Waals surface area (Å²) >= 11 is 0. The number of nitrogen functional groups attached to an aromatic ring is 1. The second-order valence-corrected chi connectivity index (χ2v) is 3.99. The van der Waals surface area contributed by atoms with Crippen LogP contribution in [0.1, 0.15) is 19.9 Å². The summed E-state index contributed by atoms with van der Waals surface area (Å²) in [6, 6.07) is -4.36. The van der Waals surface area contributed by atoms with E-state index >= 15 is 0 Å². The minimum Gasteiger partial charge on any atom is -0.368 e. The molecule has 0 aliphatic heterocycles. The van der Waals surface area contributed by atoms with Crippen molar-refractivity contribution in [2.24, 2.45) is 4.99 Å². The van der Waals surface area contributed by atoms with Crippen molar-refractivity contribution >= 4 is 5.95 Å². The molecule has 0 radical (unpaired) electrons. The monoisotopic (exact) mass is 303 g/mol. The molecule has 5 nitrogen and oxygen atoms in total. The molecule has 2 N–H and O–H groups in total. The number of anilines is 1. The Kier molecular flexibility index (Phi) is 4.30. The highest BCUT2D eigenvalue weighted by molar-refractivity contribution is 5.10. The highest BCUT2D eigenvalue weighted by atomic mass is 19.4. The summed E-state index contributed by atoms with van der Waals surface area (Å²) in [4.78, 5) is 9.79. The summed E-state index contributed by atoms with van der Waals surface area (Å²) in [6.07, 6.45) is -8.72. The highest BCUT2D eigenvalue weighted by Gasteiger charge is 2.39. The summed E-state index contributed by atoms with van der Waals surface area (Å²) in [5.41, 5.74) is 4.38. The Morgan fingerprint density at radius 1 is 1.15 bits per heavy atom. The molecule has 0 aliphatic carbocycles. The number of hydrogen-bond acceptors (Lipinski definition) is 4. The van der Waals surface area contributed by atoms with Gasteiger partial charge < -0.3 is 5.73 Å². The van der Waals surface area contributed by atoms with E-state index in [-0.39, 0.29) is 0 Å². The van der Waals surface area contributed by atoms with Crippen molar-refractivity contribution in [2.75, 3.05) is 5.73 Å². The van der Waals surface area contributed by atoms with Crippen LogP contribution in [0.5, 0.6) is 0 Å². The fraction of sp³-hybridized carbons (Fsp3) is 0.667. The van der Waals surface area contributed by atoms with Gasteiger partial charge in [0.15, 0.2) is 0 Å². The Morgan fingerprint density at radius 2 is 1.70 bits per heavy atom. The predicted octanol–water partition coefficient (Wildman–Crippen LogP) is 1.84. The van der Waals surface area contributed by atoms with Gasteiger partial charge in [-0.15, -0.1) is 0 Å². The molecule has 2 atom stereocenters. The Balaban J connectivity index is 3.39. The molecule has 1 rings (SSSR count). The SMILES string of the molecule is C[C@@H](N=c1nc(N)ncn1[C@H](C)C(F)(F)F)C(F)(F)F. The lowest BCUT2D eigenvalue weighted by Gasteiger charge is -2.19. The minimum atomic E-state index is -4.70. The van der Waals surface area contributed by atoms with Crippen LogP contribution in [0.25, 0.3) is 0 Å². The van der Waals surface area contributed by atoms with Crippen LogP contribution in [-0.2, 0) is 0 Å². The maximum Gasteiger partial charge on any atom is 0.410 e. The van der Waals surface area contributed by atoms with Crippen LogP contribution >= 0.6 is 0 Å². The number of rotatable bonds is 2. The highest BCUT2D eigenvalue weighted by Crippen LogP contribution is 2.28. The van der Waals surface area contributed by atoms with Gasteiger partial charge in [-0.2, -0.15) is 31.3 Å². The number of nitrogens with two attached hydrogens (primary N) is 1. The first-order chi connectivity index (χ1) is 8.93. The van der Waals surface area contributed by atoms with Crippen LogP contribution in [0, 0.1) is 0 Å². The number of nitrogens with zero attached hydrogens (tertiary/aromatic N) is 4. The van der Waals surface area contributed by atoms with Crippen LogP contribution in [0.3, 0.4) is 0 Å². The Morgan fingerprint density at radius 3 is 2.15 bits per heavy atom. The van der Waals surface area contributed by atoms with Crippen molar-refractivity contribution in [2.45, 2.75) is 38.3 Å². The Bertz CT molecular complexity index is 531. The maximum absolute atomic E-state index is 12.6. The molecular weight excluding hydrogens is 292 g/mol. The lowest BCUT2D eigenvalue weighted by Crippen LogP contribution is -2.37. The van der Waals surface area contributed by atoms with Crippen molar-refractivity contribution in [3.63, 3.8) is 0 Å². The molecule has 0 amide bonds. The van der Waals surface area contributed by atoms with Gasteiger partial charge in [0, 0.05) is 0 Å². The van der Waals surface area contributed by atoms with Crippen molar-refractivity contribution in [1.82, 2.24) is 14.5 Å². The number of hydrogen-bond donors (Lipinski definition) is 1. The molecule has 1 aromatic heterocycles. The van der Waals surface area contributed by atoms with Gasteiger partial charge in [-0.05, 0) is 13.8 Å². The summed E-state index contributed by atoms with van der Waals surface area (Å²) < 4.78 is 75.4. The summed E-state index contributed by atoms with van der Waals surface area (Å²) in [5, 5.41) is 0. The largest absolute Gasteiger partial charge is 0.410 e. The van der Waals surface area contributed by atoms with Crippen LogP contribution in [0.4, 0.5) is 32.3 Å². The molecule has 1 aromatic rings. The molecule has 20 heavy (non-hydrogen) atoms. The minimum absolute atomic E-state index is 0.387. The first kappa shape index (κ1) is 16.2. The van der Waals surface area contributed by atoms with Gasteiger partial charge in [-0.3, -0.25) is 4.57 Å². The van der Waals surface area contributed by atoms with E-state index in [9.17, 15) is 26.3 Å². The molecule has 0 bridgehead atoms. The third-order valence-electron chi connectivity index (χ3n) is 2.43. The van der Waals surface area contributed by atoms with E-state index in [4.69, 9.17) is 5.73 Å². The molecule has 0 saturated heterocycles. The summed E-state index contributed by atoms with van der Waals surface area (Å²) in [6.45, 7) is 1.44. The molecule has 0 saturated carbocycles. The number of halogens is 6. The average Bonchev–Trinajstić information content (AvgIpc) is 2.25. The van der Waals surface area contributed by atoms with Crippen molar-refractivity contribution in [1.29, 1.82) is 0 Å².